The van der Waals surface area contributed by atoms with Crippen LogP contribution in [0.3, 0.4) is 0 Å². The van der Waals surface area contributed by atoms with Crippen LogP contribution in [-0.4, -0.2) is 47.0 Å². The number of anilines is 1. The molecule has 0 spiro atoms. The molecule has 1 fully saturated rings. The second-order valence-corrected chi connectivity index (χ2v) is 6.77. The summed E-state index contributed by atoms with van der Waals surface area (Å²) in [5, 5.41) is 6.27. The van der Waals surface area contributed by atoms with Crippen LogP contribution in [0.1, 0.15) is 46.8 Å². The number of pyridine rings is 1. The molecule has 2 N–H and O–H groups in total. The van der Waals surface area contributed by atoms with Gasteiger partial charge < -0.3 is 15.5 Å². The summed E-state index contributed by atoms with van der Waals surface area (Å²) < 4.78 is 0. The van der Waals surface area contributed by atoms with Gasteiger partial charge in [0.25, 0.3) is 5.91 Å². The van der Waals surface area contributed by atoms with Crippen LogP contribution < -0.4 is 15.5 Å². The van der Waals surface area contributed by atoms with E-state index in [2.05, 4.69) is 43.5 Å². The van der Waals surface area contributed by atoms with Crippen molar-refractivity contribution < 1.29 is 4.79 Å². The Kier molecular flexibility index (Phi) is 5.46. The molecule has 3 heterocycles. The number of aromatic nitrogens is 3. The molecule has 1 aliphatic heterocycles. The van der Waals surface area contributed by atoms with Gasteiger partial charge in [0.05, 0.1) is 0 Å². The first kappa shape index (κ1) is 18.3. The number of carbonyl (C=O) groups is 1. The molecule has 7 heteroatoms. The third kappa shape index (κ3) is 3.83. The third-order valence-electron chi connectivity index (χ3n) is 4.95. The summed E-state index contributed by atoms with van der Waals surface area (Å²) in [5.41, 5.74) is 3.05. The van der Waals surface area contributed by atoms with Gasteiger partial charge in [-0.05, 0) is 38.8 Å². The van der Waals surface area contributed by atoms with Gasteiger partial charge in [0.1, 0.15) is 5.82 Å². The van der Waals surface area contributed by atoms with Gasteiger partial charge in [-0.3, -0.25) is 9.78 Å². The van der Waals surface area contributed by atoms with Crippen molar-refractivity contribution in [1.82, 2.24) is 25.6 Å². The Morgan fingerprint density at radius 1 is 1.35 bits per heavy atom. The molecular weight excluding hydrogens is 328 g/mol. The van der Waals surface area contributed by atoms with Gasteiger partial charge in [0.15, 0.2) is 0 Å². The minimum atomic E-state index is -0.256. The van der Waals surface area contributed by atoms with Crippen LogP contribution in [0.2, 0.25) is 0 Å². The first-order valence-electron chi connectivity index (χ1n) is 8.97. The number of amides is 1. The van der Waals surface area contributed by atoms with Crippen LogP contribution in [0.15, 0.2) is 24.5 Å². The van der Waals surface area contributed by atoms with Crippen LogP contribution in [0.25, 0.3) is 0 Å². The summed E-state index contributed by atoms with van der Waals surface area (Å²) in [7, 11) is 1.59. The SMILES string of the molecule is CNC(=O)c1nc(C)c(C)c(N2CC[C@@H](NC(C)c3cccnc3)C2)n1. The standard InChI is InChI=1S/C19H26N6O/c1-12-13(2)23-17(19(26)20-4)24-18(12)25-9-7-16(11-25)22-14(3)15-6-5-8-21-10-15/h5-6,8,10,14,16,22H,7,9,11H2,1-4H3,(H,20,26)/t14?,16-/m1/s1. The topological polar surface area (TPSA) is 83.0 Å². The van der Waals surface area contributed by atoms with Crippen molar-refractivity contribution in [3.63, 3.8) is 0 Å². The molecule has 26 heavy (non-hydrogen) atoms. The zero-order valence-electron chi connectivity index (χ0n) is 15.8. The smallest absolute Gasteiger partial charge is 0.288 e. The third-order valence-corrected chi connectivity index (χ3v) is 4.95. The summed E-state index contributed by atoms with van der Waals surface area (Å²) >= 11 is 0. The van der Waals surface area contributed by atoms with Crippen LogP contribution in [0.4, 0.5) is 5.82 Å². The van der Waals surface area contributed by atoms with Crippen LogP contribution >= 0.6 is 0 Å². The minimum Gasteiger partial charge on any atom is -0.355 e. The van der Waals surface area contributed by atoms with Crippen molar-refractivity contribution in [3.8, 4) is 0 Å². The summed E-state index contributed by atoms with van der Waals surface area (Å²) in [6.45, 7) is 7.85. The number of nitrogens with zero attached hydrogens (tertiary/aromatic N) is 4. The molecule has 3 rings (SSSR count). The molecular formula is C19H26N6O. The van der Waals surface area contributed by atoms with E-state index in [9.17, 15) is 4.79 Å². The van der Waals surface area contributed by atoms with E-state index in [-0.39, 0.29) is 17.8 Å². The number of hydrogen-bond acceptors (Lipinski definition) is 6. The molecule has 0 radical (unpaired) electrons. The monoisotopic (exact) mass is 354 g/mol. The minimum absolute atomic E-state index is 0.228. The van der Waals surface area contributed by atoms with Crippen molar-refractivity contribution in [1.29, 1.82) is 0 Å². The van der Waals surface area contributed by atoms with Crippen molar-refractivity contribution in [2.75, 3.05) is 25.0 Å². The first-order chi connectivity index (χ1) is 12.5. The number of hydrogen-bond donors (Lipinski definition) is 2. The fourth-order valence-corrected chi connectivity index (χ4v) is 3.31. The van der Waals surface area contributed by atoms with Crippen LogP contribution in [0, 0.1) is 13.8 Å². The molecule has 0 aromatic carbocycles. The Morgan fingerprint density at radius 2 is 2.15 bits per heavy atom. The number of carbonyl (C=O) groups excluding carboxylic acids is 1. The molecule has 7 nitrogen and oxygen atoms in total. The highest BCUT2D eigenvalue weighted by molar-refractivity contribution is 5.90. The maximum atomic E-state index is 11.9. The van der Waals surface area contributed by atoms with Crippen molar-refractivity contribution in [2.24, 2.45) is 0 Å². The zero-order valence-corrected chi connectivity index (χ0v) is 15.8. The molecule has 138 valence electrons. The maximum Gasteiger partial charge on any atom is 0.288 e. The normalized spacial score (nSPS) is 18.0. The van der Waals surface area contributed by atoms with Crippen LogP contribution in [0.5, 0.6) is 0 Å². The Balaban J connectivity index is 1.72. The Bertz CT molecular complexity index is 779. The van der Waals surface area contributed by atoms with E-state index < -0.39 is 0 Å². The van der Waals surface area contributed by atoms with Gasteiger partial charge in [-0.1, -0.05) is 6.07 Å². The lowest BCUT2D eigenvalue weighted by Crippen LogP contribution is -2.35. The molecule has 0 aliphatic carbocycles. The highest BCUT2D eigenvalue weighted by Crippen LogP contribution is 2.25. The average Bonchev–Trinajstić information content (AvgIpc) is 3.12. The molecule has 1 aliphatic rings. The van der Waals surface area contributed by atoms with Gasteiger partial charge in [-0.25, -0.2) is 9.97 Å². The lowest BCUT2D eigenvalue weighted by molar-refractivity contribution is 0.0952. The number of aryl methyl sites for hydroxylation is 1. The van der Waals surface area contributed by atoms with E-state index in [1.807, 2.05) is 26.1 Å². The molecule has 2 atom stereocenters. The molecule has 1 saturated heterocycles. The zero-order chi connectivity index (χ0) is 18.7. The Labute approximate surface area is 154 Å². The summed E-state index contributed by atoms with van der Waals surface area (Å²) in [6, 6.07) is 4.65. The van der Waals surface area contributed by atoms with Gasteiger partial charge in [0.2, 0.25) is 5.82 Å². The fourth-order valence-electron chi connectivity index (χ4n) is 3.31. The second-order valence-electron chi connectivity index (χ2n) is 6.77. The molecule has 0 bridgehead atoms. The molecule has 1 unspecified atom stereocenters. The van der Waals surface area contributed by atoms with Crippen molar-refractivity contribution >= 4 is 11.7 Å². The molecule has 1 amide bonds. The van der Waals surface area contributed by atoms with Crippen LogP contribution in [-0.2, 0) is 0 Å². The van der Waals surface area contributed by atoms with E-state index in [4.69, 9.17) is 0 Å². The van der Waals surface area contributed by atoms with Gasteiger partial charge >= 0.3 is 0 Å². The van der Waals surface area contributed by atoms with E-state index in [1.54, 1.807) is 13.2 Å². The highest BCUT2D eigenvalue weighted by atomic mass is 16.2. The summed E-state index contributed by atoms with van der Waals surface area (Å²) in [5.74, 6) is 0.827. The number of rotatable bonds is 5. The van der Waals surface area contributed by atoms with Gasteiger partial charge in [-0.2, -0.15) is 0 Å². The molecule has 2 aromatic rings. The molecule has 2 aromatic heterocycles. The average molecular weight is 354 g/mol. The summed E-state index contributed by atoms with van der Waals surface area (Å²) in [6.07, 6.45) is 4.72. The summed E-state index contributed by atoms with van der Waals surface area (Å²) in [4.78, 5) is 27.2. The van der Waals surface area contributed by atoms with Crippen molar-refractivity contribution in [3.05, 3.63) is 47.2 Å². The quantitative estimate of drug-likeness (QED) is 0.852. The highest BCUT2D eigenvalue weighted by Gasteiger charge is 2.27. The lowest BCUT2D eigenvalue weighted by Gasteiger charge is -2.23. The Morgan fingerprint density at radius 3 is 2.85 bits per heavy atom. The fraction of sp³-hybridized carbons (Fsp3) is 0.474. The lowest BCUT2D eigenvalue weighted by atomic mass is 10.1. The van der Waals surface area contributed by atoms with Gasteiger partial charge in [-0.15, -0.1) is 0 Å². The maximum absolute atomic E-state index is 11.9. The van der Waals surface area contributed by atoms with E-state index in [1.165, 1.54) is 5.56 Å². The Hall–Kier alpha value is -2.54. The van der Waals surface area contributed by atoms with Crippen molar-refractivity contribution in [2.45, 2.75) is 39.3 Å². The predicted octanol–water partition coefficient (Wildman–Crippen LogP) is 1.78. The van der Waals surface area contributed by atoms with E-state index in [0.29, 0.717) is 6.04 Å². The first-order valence-corrected chi connectivity index (χ1v) is 8.97. The van der Waals surface area contributed by atoms with E-state index >= 15 is 0 Å². The number of nitrogens with one attached hydrogen (secondary N) is 2. The predicted molar refractivity (Wildman–Crippen MR) is 101 cm³/mol. The molecule has 0 saturated carbocycles. The largest absolute Gasteiger partial charge is 0.355 e. The van der Waals surface area contributed by atoms with Gasteiger partial charge in [0, 0.05) is 55.9 Å². The van der Waals surface area contributed by atoms with E-state index in [0.717, 1.165) is 36.6 Å². The second kappa shape index (κ2) is 7.78.